The highest BCUT2D eigenvalue weighted by Crippen LogP contribution is 2.50. The summed E-state index contributed by atoms with van der Waals surface area (Å²) >= 11 is 0. The minimum Gasteiger partial charge on any atom is -0.375 e. The zero-order valence-corrected chi connectivity index (χ0v) is 24.6. The predicted molar refractivity (Wildman–Crippen MR) is 146 cm³/mol. The van der Waals surface area contributed by atoms with Crippen LogP contribution in [0.5, 0.6) is 0 Å². The van der Waals surface area contributed by atoms with Crippen LogP contribution >= 0.6 is 7.60 Å². The average molecular weight is 536 g/mol. The number of unbranched alkanes of at least 4 members (excludes halogenated alkanes) is 5. The zero-order chi connectivity index (χ0) is 26.9. The molecule has 0 aliphatic carbocycles. The van der Waals surface area contributed by atoms with Crippen LogP contribution < -0.4 is 0 Å². The molecule has 2 atom stereocenters. The Morgan fingerprint density at radius 3 is 1.67 bits per heavy atom. The maximum absolute atomic E-state index is 13.3. The van der Waals surface area contributed by atoms with Crippen molar-refractivity contribution in [3.63, 3.8) is 0 Å². The zero-order valence-electron chi connectivity index (χ0n) is 23.7. The fraction of sp³-hybridized carbons (Fsp3) is 0.889. The van der Waals surface area contributed by atoms with Gasteiger partial charge in [-0.1, -0.05) is 72.8 Å². The highest BCUT2D eigenvalue weighted by Gasteiger charge is 2.26. The first-order valence-electron chi connectivity index (χ1n) is 14.1. The van der Waals surface area contributed by atoms with E-state index < -0.39 is 7.60 Å². The van der Waals surface area contributed by atoms with E-state index >= 15 is 0 Å². The van der Waals surface area contributed by atoms with Crippen LogP contribution in [0.15, 0.2) is 11.9 Å². The van der Waals surface area contributed by atoms with Crippen LogP contribution in [0.1, 0.15) is 105 Å². The number of hydrogen-bond donors (Lipinski definition) is 0. The summed E-state index contributed by atoms with van der Waals surface area (Å²) in [6.07, 6.45) is 11.5. The summed E-state index contributed by atoms with van der Waals surface area (Å²) in [6.45, 7) is 13.1. The molecule has 0 aromatic rings. The largest absolute Gasteiger partial charge is 0.375 e. The van der Waals surface area contributed by atoms with E-state index in [4.69, 9.17) is 23.4 Å². The molecular weight excluding hydrogens is 481 g/mol. The smallest absolute Gasteiger partial charge is 0.353 e. The summed E-state index contributed by atoms with van der Waals surface area (Å²) in [4.78, 5) is 17.3. The van der Waals surface area contributed by atoms with Gasteiger partial charge < -0.3 is 18.5 Å². The third-order valence-electron chi connectivity index (χ3n) is 5.50. The number of nitrogens with zero attached hydrogens (tertiary/aromatic N) is 1. The second-order valence-electron chi connectivity index (χ2n) is 8.95. The Morgan fingerprint density at radius 2 is 1.17 bits per heavy atom. The first-order chi connectivity index (χ1) is 17.5. The molecule has 0 unspecified atom stereocenters. The van der Waals surface area contributed by atoms with Crippen molar-refractivity contribution in [3.05, 3.63) is 11.9 Å². The van der Waals surface area contributed by atoms with Gasteiger partial charge in [0, 0.05) is 19.0 Å². The third-order valence-corrected chi connectivity index (χ3v) is 7.16. The molecule has 0 bridgehead atoms. The first-order valence-corrected chi connectivity index (χ1v) is 15.8. The average Bonchev–Trinajstić information content (AvgIpc) is 2.87. The van der Waals surface area contributed by atoms with Gasteiger partial charge in [-0.2, -0.15) is 0 Å². The Morgan fingerprint density at radius 1 is 0.694 bits per heavy atom. The Bertz CT molecular complexity index is 562. The SMILES string of the molecule is CCCCO[C@@H](CN(C=O)OCCCC)[C@@H](C/C=C/P(=O)(OCCCC)OCCCC)OCCCC. The summed E-state index contributed by atoms with van der Waals surface area (Å²) in [5.74, 6) is 1.56. The summed E-state index contributed by atoms with van der Waals surface area (Å²) in [5.41, 5.74) is 0. The van der Waals surface area contributed by atoms with Crippen LogP contribution in [-0.2, 0) is 32.7 Å². The molecule has 0 saturated heterocycles. The Labute approximate surface area is 220 Å². The molecule has 0 heterocycles. The standard InChI is InChI=1S/C27H54NO7P/c1-6-11-18-31-26(17-16-23-36(30,34-21-14-9-4)35-22-15-10-5)27(32-19-12-7-2)24-28(25-29)33-20-13-8-3/h16,23,25-27H,6-15,17-22,24H2,1-5H3/b23-16+/t26-,27+/m1/s1. The molecule has 0 aromatic heterocycles. The molecule has 214 valence electrons. The van der Waals surface area contributed by atoms with Crippen LogP contribution in [0.25, 0.3) is 0 Å². The van der Waals surface area contributed by atoms with E-state index in [0.29, 0.717) is 45.9 Å². The molecule has 1 amide bonds. The molecule has 0 aliphatic rings. The van der Waals surface area contributed by atoms with Gasteiger partial charge in [-0.3, -0.25) is 14.2 Å². The molecule has 9 heteroatoms. The highest BCUT2D eigenvalue weighted by atomic mass is 31.2. The van der Waals surface area contributed by atoms with Gasteiger partial charge in [-0.15, -0.1) is 0 Å². The van der Waals surface area contributed by atoms with Gasteiger partial charge in [0.2, 0.25) is 6.41 Å². The molecular formula is C27H54NO7P. The third kappa shape index (κ3) is 18.5. The van der Waals surface area contributed by atoms with Gasteiger partial charge in [-0.25, -0.2) is 5.06 Å². The van der Waals surface area contributed by atoms with E-state index in [-0.39, 0.29) is 18.8 Å². The second kappa shape index (κ2) is 24.6. The lowest BCUT2D eigenvalue weighted by Crippen LogP contribution is -2.42. The van der Waals surface area contributed by atoms with E-state index in [9.17, 15) is 9.36 Å². The minimum absolute atomic E-state index is 0.263. The fourth-order valence-electron chi connectivity index (χ4n) is 3.11. The normalized spacial score (nSPS) is 13.8. The van der Waals surface area contributed by atoms with Crippen LogP contribution in [0.3, 0.4) is 0 Å². The lowest BCUT2D eigenvalue weighted by molar-refractivity contribution is -0.191. The van der Waals surface area contributed by atoms with Gasteiger partial charge in [0.1, 0.15) is 6.10 Å². The number of hydroxylamine groups is 2. The van der Waals surface area contributed by atoms with Gasteiger partial charge in [0.05, 0.1) is 32.5 Å². The van der Waals surface area contributed by atoms with Gasteiger partial charge >= 0.3 is 7.60 Å². The lowest BCUT2D eigenvalue weighted by Gasteiger charge is -2.30. The predicted octanol–water partition coefficient (Wildman–Crippen LogP) is 7.28. The van der Waals surface area contributed by atoms with E-state index in [2.05, 4.69) is 34.6 Å². The molecule has 0 fully saturated rings. The first kappa shape index (κ1) is 35.2. The number of carbonyl (C=O) groups excluding carboxylic acids is 1. The maximum Gasteiger partial charge on any atom is 0.353 e. The number of rotatable bonds is 27. The van der Waals surface area contributed by atoms with Crippen molar-refractivity contribution in [2.45, 2.75) is 117 Å². The number of carbonyl (C=O) groups is 1. The van der Waals surface area contributed by atoms with Crippen molar-refractivity contribution in [2.24, 2.45) is 0 Å². The topological polar surface area (TPSA) is 83.5 Å². The highest BCUT2D eigenvalue weighted by molar-refractivity contribution is 7.57. The quantitative estimate of drug-likeness (QED) is 0.0473. The Kier molecular flexibility index (Phi) is 24.1. The van der Waals surface area contributed by atoms with Gasteiger partial charge in [-0.05, 0) is 38.5 Å². The van der Waals surface area contributed by atoms with Gasteiger partial charge in [0.25, 0.3) is 0 Å². The molecule has 0 aromatic carbocycles. The second-order valence-corrected chi connectivity index (χ2v) is 10.8. The monoisotopic (exact) mass is 535 g/mol. The molecule has 0 saturated carbocycles. The number of hydrogen-bond acceptors (Lipinski definition) is 7. The van der Waals surface area contributed by atoms with Crippen LogP contribution in [0.2, 0.25) is 0 Å². The lowest BCUT2D eigenvalue weighted by atomic mass is 10.1. The molecule has 36 heavy (non-hydrogen) atoms. The van der Waals surface area contributed by atoms with Crippen LogP contribution in [-0.4, -0.2) is 63.3 Å². The molecule has 8 nitrogen and oxygen atoms in total. The number of ether oxygens (including phenoxy) is 2. The maximum atomic E-state index is 13.3. The van der Waals surface area contributed by atoms with Crippen LogP contribution in [0, 0.1) is 0 Å². The van der Waals surface area contributed by atoms with E-state index in [1.807, 2.05) is 6.08 Å². The van der Waals surface area contributed by atoms with Crippen LogP contribution in [0.4, 0.5) is 0 Å². The van der Waals surface area contributed by atoms with E-state index in [1.165, 1.54) is 5.06 Å². The summed E-state index contributed by atoms with van der Waals surface area (Å²) < 4.78 is 37.0. The Balaban J connectivity index is 5.52. The fourth-order valence-corrected chi connectivity index (χ4v) is 4.51. The number of amides is 1. The minimum atomic E-state index is -3.34. The van der Waals surface area contributed by atoms with Crippen molar-refractivity contribution in [2.75, 3.05) is 39.6 Å². The molecule has 0 N–H and O–H groups in total. The van der Waals surface area contributed by atoms with E-state index in [1.54, 1.807) is 5.82 Å². The van der Waals surface area contributed by atoms with E-state index in [0.717, 1.165) is 64.2 Å². The van der Waals surface area contributed by atoms with Crippen molar-refractivity contribution in [3.8, 4) is 0 Å². The van der Waals surface area contributed by atoms with Gasteiger partial charge in [0.15, 0.2) is 0 Å². The van der Waals surface area contributed by atoms with Crippen molar-refractivity contribution in [1.29, 1.82) is 0 Å². The molecule has 0 aliphatic heterocycles. The summed E-state index contributed by atoms with van der Waals surface area (Å²) in [6, 6.07) is 0. The summed E-state index contributed by atoms with van der Waals surface area (Å²) in [5, 5.41) is 1.30. The van der Waals surface area contributed by atoms with Crippen molar-refractivity contribution >= 4 is 14.0 Å². The van der Waals surface area contributed by atoms with Crippen molar-refractivity contribution in [1.82, 2.24) is 5.06 Å². The van der Waals surface area contributed by atoms with Crippen molar-refractivity contribution < 1.29 is 32.7 Å². The Hall–Kier alpha value is -0.760. The molecule has 0 rings (SSSR count). The molecule has 0 radical (unpaired) electrons. The summed E-state index contributed by atoms with van der Waals surface area (Å²) in [7, 11) is -3.34. The molecule has 0 spiro atoms.